The molecule has 35 heavy (non-hydrogen) atoms. The highest BCUT2D eigenvalue weighted by atomic mass is 35.5. The fourth-order valence-electron chi connectivity index (χ4n) is 3.53. The number of ether oxygens (including phenoxy) is 1. The van der Waals surface area contributed by atoms with Gasteiger partial charge >= 0.3 is 11.9 Å². The number of aromatic nitrogens is 2. The predicted octanol–water partition coefficient (Wildman–Crippen LogP) is 5.33. The van der Waals surface area contributed by atoms with Crippen molar-refractivity contribution in [3.05, 3.63) is 74.4 Å². The number of hydrogen-bond donors (Lipinski definition) is 1. The Morgan fingerprint density at radius 3 is 2.71 bits per heavy atom. The molecule has 4 rings (SSSR count). The van der Waals surface area contributed by atoms with Gasteiger partial charge in [0.05, 0.1) is 15.6 Å². The van der Waals surface area contributed by atoms with Crippen molar-refractivity contribution in [2.24, 2.45) is 0 Å². The Morgan fingerprint density at radius 1 is 1.29 bits per heavy atom. The Hall–Kier alpha value is -3.54. The van der Waals surface area contributed by atoms with E-state index >= 15 is 0 Å². The highest BCUT2D eigenvalue weighted by molar-refractivity contribution is 6.32. The van der Waals surface area contributed by atoms with Gasteiger partial charge in [-0.3, -0.25) is 19.6 Å². The van der Waals surface area contributed by atoms with E-state index in [4.69, 9.17) is 20.8 Å². The first-order valence-electron chi connectivity index (χ1n) is 10.7. The van der Waals surface area contributed by atoms with E-state index < -0.39 is 22.7 Å². The number of amides is 1. The highest BCUT2D eigenvalue weighted by Crippen LogP contribution is 2.46. The van der Waals surface area contributed by atoms with Crippen molar-refractivity contribution in [3.63, 3.8) is 0 Å². The Labute approximate surface area is 202 Å². The number of carbonyl (C=O) groups excluding carboxylic acids is 1. The third-order valence-electron chi connectivity index (χ3n) is 5.31. The lowest BCUT2D eigenvalue weighted by atomic mass is 10.2. The Bertz CT molecular complexity index is 1240. The molecule has 2 heterocycles. The van der Waals surface area contributed by atoms with E-state index in [-0.39, 0.29) is 53.6 Å². The van der Waals surface area contributed by atoms with Crippen molar-refractivity contribution in [1.82, 2.24) is 15.1 Å². The molecule has 9 nitrogen and oxygen atoms in total. The van der Waals surface area contributed by atoms with Gasteiger partial charge in [0.1, 0.15) is 12.4 Å². The molecule has 0 saturated heterocycles. The number of carbonyl (C=O) groups is 1. The fourth-order valence-corrected chi connectivity index (χ4v) is 3.92. The second-order valence-corrected chi connectivity index (χ2v) is 8.31. The number of benzene rings is 1. The number of rotatable bonds is 10. The number of nitro benzene ring substituents is 1. The lowest BCUT2D eigenvalue weighted by Gasteiger charge is -2.08. The first-order valence-corrected chi connectivity index (χ1v) is 11.1. The van der Waals surface area contributed by atoms with Gasteiger partial charge in [-0.15, -0.1) is 0 Å². The zero-order valence-electron chi connectivity index (χ0n) is 18.2. The van der Waals surface area contributed by atoms with Crippen LogP contribution >= 0.6 is 11.6 Å². The standard InChI is InChI=1S/C22H20ClF3N4O5/c23-18-19(13-6-7-13)29(28-20(18)22(24,25)26)11-3-10-27-21(31)17-9-8-14(35-17)12-34-16-5-2-1-4-15(16)30(32)33/h1-2,4-5,8-9,13H,3,6-7,10-12H2,(H,27,31). The van der Waals surface area contributed by atoms with Crippen LogP contribution in [0.3, 0.4) is 0 Å². The molecule has 1 N–H and O–H groups in total. The minimum Gasteiger partial charge on any atom is -0.479 e. The van der Waals surface area contributed by atoms with Crippen LogP contribution in [0.4, 0.5) is 18.9 Å². The minimum atomic E-state index is -4.63. The van der Waals surface area contributed by atoms with Crippen LogP contribution < -0.4 is 10.1 Å². The fraction of sp³-hybridized carbons (Fsp3) is 0.364. The molecule has 3 aromatic rings. The molecular formula is C22H20ClF3N4O5. The Morgan fingerprint density at radius 2 is 2.03 bits per heavy atom. The van der Waals surface area contributed by atoms with Gasteiger partial charge in [-0.2, -0.15) is 18.3 Å². The van der Waals surface area contributed by atoms with Crippen LogP contribution in [0.5, 0.6) is 5.75 Å². The molecule has 0 atom stereocenters. The summed E-state index contributed by atoms with van der Waals surface area (Å²) in [6, 6.07) is 8.82. The number of furan rings is 1. The lowest BCUT2D eigenvalue weighted by Crippen LogP contribution is -2.25. The minimum absolute atomic E-state index is 0.00585. The molecule has 1 aliphatic carbocycles. The molecule has 186 valence electrons. The lowest BCUT2D eigenvalue weighted by molar-refractivity contribution is -0.386. The maximum Gasteiger partial charge on any atom is 0.436 e. The van der Waals surface area contributed by atoms with Gasteiger partial charge in [-0.05, 0) is 37.5 Å². The summed E-state index contributed by atoms with van der Waals surface area (Å²) in [6.45, 7) is 0.212. The van der Waals surface area contributed by atoms with Crippen LogP contribution in [0.2, 0.25) is 5.02 Å². The summed E-state index contributed by atoms with van der Waals surface area (Å²) in [5, 5.41) is 17.0. The van der Waals surface area contributed by atoms with Crippen molar-refractivity contribution in [3.8, 4) is 5.75 Å². The summed E-state index contributed by atoms with van der Waals surface area (Å²) in [5.74, 6) is -0.182. The third-order valence-corrected chi connectivity index (χ3v) is 5.69. The number of nitro groups is 1. The van der Waals surface area contributed by atoms with Gasteiger partial charge < -0.3 is 14.5 Å². The van der Waals surface area contributed by atoms with E-state index in [2.05, 4.69) is 10.4 Å². The molecule has 1 fully saturated rings. The normalized spacial score (nSPS) is 13.6. The highest BCUT2D eigenvalue weighted by Gasteiger charge is 2.41. The monoisotopic (exact) mass is 512 g/mol. The van der Waals surface area contributed by atoms with E-state index in [9.17, 15) is 28.1 Å². The summed E-state index contributed by atoms with van der Waals surface area (Å²) in [6.07, 6.45) is -2.77. The zero-order valence-corrected chi connectivity index (χ0v) is 18.9. The van der Waals surface area contributed by atoms with E-state index in [1.54, 1.807) is 6.07 Å². The van der Waals surface area contributed by atoms with E-state index in [1.165, 1.54) is 35.0 Å². The molecule has 0 unspecified atom stereocenters. The van der Waals surface area contributed by atoms with Gasteiger partial charge in [0.2, 0.25) is 0 Å². The van der Waals surface area contributed by atoms with E-state index in [1.807, 2.05) is 0 Å². The molecule has 13 heteroatoms. The number of para-hydroxylation sites is 2. The predicted molar refractivity (Wildman–Crippen MR) is 117 cm³/mol. The average molecular weight is 513 g/mol. The third kappa shape index (κ3) is 5.76. The number of halogens is 4. The average Bonchev–Trinajstić information content (AvgIpc) is 3.42. The van der Waals surface area contributed by atoms with Crippen LogP contribution in [0, 0.1) is 10.1 Å². The van der Waals surface area contributed by atoms with Gasteiger partial charge in [-0.25, -0.2) is 0 Å². The van der Waals surface area contributed by atoms with Crippen molar-refractivity contribution in [2.45, 2.75) is 44.5 Å². The quantitative estimate of drug-likeness (QED) is 0.223. The number of alkyl halides is 3. The molecule has 1 aromatic carbocycles. The smallest absolute Gasteiger partial charge is 0.436 e. The molecule has 2 aromatic heterocycles. The summed E-state index contributed by atoms with van der Waals surface area (Å²) >= 11 is 5.95. The first-order chi connectivity index (χ1) is 16.6. The summed E-state index contributed by atoms with van der Waals surface area (Å²) < 4.78 is 51.6. The summed E-state index contributed by atoms with van der Waals surface area (Å²) in [7, 11) is 0. The molecule has 0 spiro atoms. The SMILES string of the molecule is O=C(NCCCn1nc(C(F)(F)F)c(Cl)c1C1CC1)c1ccc(COc2ccccc2[N+](=O)[O-])o1. The van der Waals surface area contributed by atoms with Gasteiger partial charge in [0.25, 0.3) is 5.91 Å². The molecule has 1 amide bonds. The topological polar surface area (TPSA) is 112 Å². The van der Waals surface area contributed by atoms with Crippen LogP contribution in [0.25, 0.3) is 0 Å². The molecular weight excluding hydrogens is 493 g/mol. The number of aryl methyl sites for hydroxylation is 1. The number of hydrogen-bond acceptors (Lipinski definition) is 6. The van der Waals surface area contributed by atoms with Crippen molar-refractivity contribution in [1.29, 1.82) is 0 Å². The number of nitrogens with zero attached hydrogens (tertiary/aromatic N) is 3. The van der Waals surface area contributed by atoms with E-state index in [0.717, 1.165) is 12.8 Å². The zero-order chi connectivity index (χ0) is 25.2. The molecule has 0 radical (unpaired) electrons. The van der Waals surface area contributed by atoms with Crippen LogP contribution in [0.1, 0.15) is 52.9 Å². The second-order valence-electron chi connectivity index (χ2n) is 7.93. The first kappa shape index (κ1) is 24.6. The Kier molecular flexibility index (Phi) is 7.01. The van der Waals surface area contributed by atoms with Crippen molar-refractivity contribution < 1.29 is 32.0 Å². The van der Waals surface area contributed by atoms with Crippen molar-refractivity contribution in [2.75, 3.05) is 6.54 Å². The summed E-state index contributed by atoms with van der Waals surface area (Å²) in [4.78, 5) is 22.8. The van der Waals surface area contributed by atoms with Crippen molar-refractivity contribution >= 4 is 23.2 Å². The largest absolute Gasteiger partial charge is 0.479 e. The molecule has 0 aliphatic heterocycles. The van der Waals surface area contributed by atoms with Gasteiger partial charge in [0.15, 0.2) is 17.2 Å². The maximum absolute atomic E-state index is 13.1. The van der Waals surface area contributed by atoms with Crippen LogP contribution in [-0.2, 0) is 19.3 Å². The van der Waals surface area contributed by atoms with E-state index in [0.29, 0.717) is 12.1 Å². The van der Waals surface area contributed by atoms with Gasteiger partial charge in [0, 0.05) is 25.1 Å². The molecule has 1 saturated carbocycles. The molecule has 1 aliphatic rings. The Balaban J connectivity index is 1.29. The van der Waals surface area contributed by atoms with Crippen LogP contribution in [-0.4, -0.2) is 27.2 Å². The van der Waals surface area contributed by atoms with Gasteiger partial charge in [-0.1, -0.05) is 23.7 Å². The number of nitrogens with one attached hydrogen (secondary N) is 1. The second kappa shape index (κ2) is 9.98. The summed E-state index contributed by atoms with van der Waals surface area (Å²) in [5.41, 5.74) is -0.890. The maximum atomic E-state index is 13.1. The van der Waals surface area contributed by atoms with Crippen LogP contribution in [0.15, 0.2) is 40.8 Å². The molecule has 0 bridgehead atoms.